The summed E-state index contributed by atoms with van der Waals surface area (Å²) in [6.07, 6.45) is 0. The van der Waals surface area contributed by atoms with Crippen LogP contribution in [0.5, 0.6) is 17.2 Å². The summed E-state index contributed by atoms with van der Waals surface area (Å²) in [5.41, 5.74) is 5.58. The van der Waals surface area contributed by atoms with Crippen LogP contribution in [-0.2, 0) is 11.3 Å². The number of nitrogens with one attached hydrogen (secondary N) is 3. The lowest BCUT2D eigenvalue weighted by Gasteiger charge is -2.10. The Hall–Kier alpha value is -4.35. The van der Waals surface area contributed by atoms with Crippen LogP contribution in [0, 0.1) is 0 Å². The molecule has 1 aromatic heterocycles. The number of para-hydroxylation sites is 1. The van der Waals surface area contributed by atoms with Crippen LogP contribution in [0.3, 0.4) is 0 Å². The number of methoxy groups -OCH3 is 1. The monoisotopic (exact) mass is 527 g/mol. The number of benzene rings is 3. The van der Waals surface area contributed by atoms with E-state index in [0.29, 0.717) is 38.5 Å². The molecule has 4 aromatic rings. The second kappa shape index (κ2) is 11.4. The van der Waals surface area contributed by atoms with Gasteiger partial charge in [-0.05, 0) is 59.8 Å². The van der Waals surface area contributed by atoms with Crippen LogP contribution in [0.4, 0.5) is 10.5 Å². The van der Waals surface area contributed by atoms with Crippen molar-refractivity contribution in [1.82, 2.24) is 31.1 Å². The topological polar surface area (TPSA) is 132 Å². The normalized spacial score (nSPS) is 10.4. The predicted molar refractivity (Wildman–Crippen MR) is 133 cm³/mol. The third kappa shape index (κ3) is 6.40. The number of amides is 3. The highest BCUT2D eigenvalue weighted by atomic mass is 35.5. The molecule has 0 fully saturated rings. The van der Waals surface area contributed by atoms with Crippen LogP contribution >= 0.6 is 23.2 Å². The van der Waals surface area contributed by atoms with E-state index < -0.39 is 11.9 Å². The lowest BCUT2D eigenvalue weighted by Crippen LogP contribution is -2.45. The summed E-state index contributed by atoms with van der Waals surface area (Å²) in [4.78, 5) is 25.3. The van der Waals surface area contributed by atoms with Crippen LogP contribution < -0.4 is 25.6 Å². The first-order valence-corrected chi connectivity index (χ1v) is 11.2. The minimum atomic E-state index is -0.632. The number of hydrogen-bond acceptors (Lipinski definition) is 7. The Bertz CT molecular complexity index is 1380. The van der Waals surface area contributed by atoms with Crippen molar-refractivity contribution >= 4 is 40.8 Å². The molecule has 0 atom stereocenters. The smallest absolute Gasteiger partial charge is 0.337 e. The maximum atomic E-state index is 12.2. The summed E-state index contributed by atoms with van der Waals surface area (Å²) in [6.45, 7) is -0.290. The minimum Gasteiger partial charge on any atom is -0.497 e. The van der Waals surface area contributed by atoms with E-state index in [1.807, 2.05) is 0 Å². The summed E-state index contributed by atoms with van der Waals surface area (Å²) >= 11 is 12.2. The molecular weight excluding hydrogens is 509 g/mol. The standard InChI is InChI=1S/C23H19Cl2N7O4/c1-35-16-9-7-15(8-10-16)26-23(34)29-27-21(33)13-32-30-22(28-31-32)17-4-2-3-5-19(17)36-20-11-6-14(24)12-18(20)25/h2-12H,13H2,1H3,(H,27,33)(H2,26,29,34). The van der Waals surface area contributed by atoms with Crippen LogP contribution in [0.15, 0.2) is 66.7 Å². The van der Waals surface area contributed by atoms with Gasteiger partial charge >= 0.3 is 6.03 Å². The molecule has 0 bridgehead atoms. The van der Waals surface area contributed by atoms with Crippen molar-refractivity contribution in [2.45, 2.75) is 6.54 Å². The molecule has 0 aliphatic rings. The quantitative estimate of drug-likeness (QED) is 0.305. The van der Waals surface area contributed by atoms with Crippen molar-refractivity contribution in [3.63, 3.8) is 0 Å². The zero-order valence-corrected chi connectivity index (χ0v) is 20.2. The molecule has 4 rings (SSSR count). The lowest BCUT2D eigenvalue weighted by molar-refractivity contribution is -0.122. The molecular formula is C23H19Cl2N7O4. The van der Waals surface area contributed by atoms with Crippen molar-refractivity contribution in [1.29, 1.82) is 0 Å². The predicted octanol–water partition coefficient (Wildman–Crippen LogP) is 4.30. The van der Waals surface area contributed by atoms with E-state index in [4.69, 9.17) is 32.7 Å². The number of nitrogens with zero attached hydrogens (tertiary/aromatic N) is 4. The Morgan fingerprint density at radius 1 is 0.972 bits per heavy atom. The number of carbonyl (C=O) groups excluding carboxylic acids is 2. The molecule has 11 nitrogen and oxygen atoms in total. The number of aromatic nitrogens is 4. The molecule has 0 aliphatic heterocycles. The number of ether oxygens (including phenoxy) is 2. The van der Waals surface area contributed by atoms with Crippen LogP contribution in [0.2, 0.25) is 10.0 Å². The molecule has 3 amide bonds. The van der Waals surface area contributed by atoms with Gasteiger partial charge < -0.3 is 14.8 Å². The Balaban J connectivity index is 1.35. The fourth-order valence-electron chi connectivity index (χ4n) is 2.97. The van der Waals surface area contributed by atoms with E-state index in [2.05, 4.69) is 31.6 Å². The molecule has 1 heterocycles. The maximum Gasteiger partial charge on any atom is 0.337 e. The summed E-state index contributed by atoms with van der Waals surface area (Å²) in [5, 5.41) is 15.5. The Labute approximate surface area is 215 Å². The SMILES string of the molecule is COc1ccc(NC(=O)NNC(=O)Cn2nnc(-c3ccccc3Oc3ccc(Cl)cc3Cl)n2)cc1. The molecule has 184 valence electrons. The Kier molecular flexibility index (Phi) is 7.83. The molecule has 3 N–H and O–H groups in total. The number of hydrazine groups is 1. The van der Waals surface area contributed by atoms with E-state index in [-0.39, 0.29) is 12.4 Å². The zero-order valence-electron chi connectivity index (χ0n) is 18.7. The molecule has 0 saturated carbocycles. The number of rotatable bonds is 7. The van der Waals surface area contributed by atoms with E-state index in [1.54, 1.807) is 73.8 Å². The summed E-state index contributed by atoms with van der Waals surface area (Å²) < 4.78 is 11.0. The number of anilines is 1. The van der Waals surface area contributed by atoms with Gasteiger partial charge in [-0.3, -0.25) is 10.2 Å². The molecule has 0 aliphatic carbocycles. The van der Waals surface area contributed by atoms with E-state index in [9.17, 15) is 9.59 Å². The maximum absolute atomic E-state index is 12.2. The first kappa shape index (κ1) is 24.8. The van der Waals surface area contributed by atoms with Gasteiger partial charge in [0, 0.05) is 10.7 Å². The number of carbonyl (C=O) groups is 2. The van der Waals surface area contributed by atoms with Gasteiger partial charge in [0.05, 0.1) is 17.7 Å². The largest absolute Gasteiger partial charge is 0.497 e. The third-order valence-corrected chi connectivity index (χ3v) is 5.17. The van der Waals surface area contributed by atoms with Gasteiger partial charge in [0.15, 0.2) is 0 Å². The van der Waals surface area contributed by atoms with Crippen molar-refractivity contribution in [2.75, 3.05) is 12.4 Å². The van der Waals surface area contributed by atoms with Gasteiger partial charge in [-0.15, -0.1) is 10.2 Å². The molecule has 13 heteroatoms. The fourth-order valence-corrected chi connectivity index (χ4v) is 3.41. The molecule has 0 unspecified atom stereocenters. The third-order valence-electron chi connectivity index (χ3n) is 4.64. The van der Waals surface area contributed by atoms with Crippen LogP contribution in [0.25, 0.3) is 11.4 Å². The second-order valence-corrected chi connectivity index (χ2v) is 8.02. The van der Waals surface area contributed by atoms with E-state index in [1.165, 1.54) is 0 Å². The highest BCUT2D eigenvalue weighted by Crippen LogP contribution is 2.35. The molecule has 0 spiro atoms. The average molecular weight is 528 g/mol. The number of halogens is 2. The molecule has 3 aromatic carbocycles. The summed E-state index contributed by atoms with van der Waals surface area (Å²) in [5.74, 6) is 1.15. The van der Waals surface area contributed by atoms with Gasteiger partial charge in [-0.25, -0.2) is 10.2 Å². The molecule has 36 heavy (non-hydrogen) atoms. The van der Waals surface area contributed by atoms with Crippen molar-refractivity contribution in [3.8, 4) is 28.6 Å². The Morgan fingerprint density at radius 3 is 2.50 bits per heavy atom. The number of hydrogen-bond donors (Lipinski definition) is 3. The van der Waals surface area contributed by atoms with Gasteiger partial charge in [0.1, 0.15) is 23.8 Å². The second-order valence-electron chi connectivity index (χ2n) is 7.17. The van der Waals surface area contributed by atoms with E-state index in [0.717, 1.165) is 4.80 Å². The lowest BCUT2D eigenvalue weighted by atomic mass is 10.2. The molecule has 0 saturated heterocycles. The summed E-state index contributed by atoms with van der Waals surface area (Å²) in [7, 11) is 1.54. The average Bonchev–Trinajstić information content (AvgIpc) is 3.33. The first-order valence-electron chi connectivity index (χ1n) is 10.4. The highest BCUT2D eigenvalue weighted by Gasteiger charge is 2.15. The number of tetrazole rings is 1. The highest BCUT2D eigenvalue weighted by molar-refractivity contribution is 6.35. The minimum absolute atomic E-state index is 0.230. The van der Waals surface area contributed by atoms with Gasteiger partial charge in [-0.2, -0.15) is 4.80 Å². The van der Waals surface area contributed by atoms with E-state index >= 15 is 0 Å². The number of urea groups is 1. The van der Waals surface area contributed by atoms with Crippen molar-refractivity contribution < 1.29 is 19.1 Å². The van der Waals surface area contributed by atoms with Crippen molar-refractivity contribution in [3.05, 3.63) is 76.8 Å². The van der Waals surface area contributed by atoms with Gasteiger partial charge in [0.2, 0.25) is 5.82 Å². The Morgan fingerprint density at radius 2 is 1.75 bits per heavy atom. The zero-order chi connectivity index (χ0) is 25.5. The summed E-state index contributed by atoms with van der Waals surface area (Å²) in [6, 6.07) is 18.0. The molecule has 0 radical (unpaired) electrons. The van der Waals surface area contributed by atoms with Gasteiger partial charge in [-0.1, -0.05) is 35.3 Å². The van der Waals surface area contributed by atoms with Crippen LogP contribution in [-0.4, -0.2) is 39.3 Å². The van der Waals surface area contributed by atoms with Gasteiger partial charge in [0.25, 0.3) is 5.91 Å². The first-order chi connectivity index (χ1) is 17.4. The fraction of sp³-hybridized carbons (Fsp3) is 0.0870. The van der Waals surface area contributed by atoms with Crippen molar-refractivity contribution in [2.24, 2.45) is 0 Å². The van der Waals surface area contributed by atoms with Crippen LogP contribution in [0.1, 0.15) is 0 Å².